The fourth-order valence-corrected chi connectivity index (χ4v) is 8.46. The first-order valence-corrected chi connectivity index (χ1v) is 23.1. The summed E-state index contributed by atoms with van der Waals surface area (Å²) >= 11 is 28.2. The van der Waals surface area contributed by atoms with Gasteiger partial charge in [0, 0.05) is 17.7 Å². The molecule has 0 bridgehead atoms. The molecule has 0 amide bonds. The van der Waals surface area contributed by atoms with Crippen molar-refractivity contribution in [3.63, 3.8) is 0 Å². The summed E-state index contributed by atoms with van der Waals surface area (Å²) in [6.45, 7) is 0. The summed E-state index contributed by atoms with van der Waals surface area (Å²) < 4.78 is 0. The molecule has 68 heavy (non-hydrogen) atoms. The van der Waals surface area contributed by atoms with E-state index in [0.717, 1.165) is 33.4 Å². The molecule has 0 unspecified atom stereocenters. The molecule has 0 aliphatic carbocycles. The second-order valence-electron chi connectivity index (χ2n) is 15.3. The fourth-order valence-electron chi connectivity index (χ4n) is 7.36. The summed E-state index contributed by atoms with van der Waals surface area (Å²) in [5, 5.41) is 19.5. The third-order valence-electron chi connectivity index (χ3n) is 10.7. The molecule has 2 N–H and O–H groups in total. The van der Waals surface area contributed by atoms with Crippen LogP contribution in [0.5, 0.6) is 0 Å². The molecule has 0 atom stereocenters. The molecule has 0 saturated carbocycles. The van der Waals surface area contributed by atoms with Crippen molar-refractivity contribution in [3.05, 3.63) is 244 Å². The number of rotatable bonds is 8. The summed E-state index contributed by atoms with van der Waals surface area (Å²) in [6, 6.07) is 73.6. The van der Waals surface area contributed by atoms with Crippen LogP contribution in [-0.4, -0.2) is 37.1 Å². The number of hydrogen-bond donors (Lipinski definition) is 2. The standard InChI is InChI=1S/C28H18Cl2N2.C24H19BO2.C4HCl3N2/c29-27-18-26(31-28(30)32-27)21-14-12-20(13-15-21)23-9-5-11-25(17-23)24-10-4-8-22(16-24)19-6-2-1-3-7-19;26-25(27)24-14-12-19(13-15-24)21-9-5-11-23(17-21)22-10-4-8-20(16-22)18-6-2-1-3-7-18;5-2-1-3(6)9-4(7)8-2/h1-18H;1-17,26-27H;1H. The minimum Gasteiger partial charge on any atom is -0.423 e. The molecule has 2 aromatic heterocycles. The highest BCUT2D eigenvalue weighted by Gasteiger charge is 2.11. The first-order chi connectivity index (χ1) is 33.0. The van der Waals surface area contributed by atoms with Gasteiger partial charge >= 0.3 is 7.12 Å². The summed E-state index contributed by atoms with van der Waals surface area (Å²) in [5.41, 5.74) is 16.0. The Labute approximate surface area is 420 Å². The molecule has 332 valence electrons. The van der Waals surface area contributed by atoms with E-state index in [-0.39, 0.29) is 20.9 Å². The van der Waals surface area contributed by atoms with Crippen molar-refractivity contribution < 1.29 is 10.0 Å². The Morgan fingerprint density at radius 3 is 0.882 bits per heavy atom. The third-order valence-corrected chi connectivity index (χ3v) is 11.6. The molecule has 8 aromatic carbocycles. The summed E-state index contributed by atoms with van der Waals surface area (Å²) in [5.74, 6) is 0. The van der Waals surface area contributed by atoms with Crippen molar-refractivity contribution in [2.75, 3.05) is 0 Å². The first kappa shape index (κ1) is 47.8. The van der Waals surface area contributed by atoms with Crippen LogP contribution in [0.2, 0.25) is 26.0 Å². The lowest BCUT2D eigenvalue weighted by atomic mass is 9.80. The van der Waals surface area contributed by atoms with Crippen LogP contribution >= 0.6 is 58.0 Å². The van der Waals surface area contributed by atoms with Crippen LogP contribution in [0.15, 0.2) is 218 Å². The van der Waals surface area contributed by atoms with Gasteiger partial charge in [-0.1, -0.05) is 217 Å². The van der Waals surface area contributed by atoms with Crippen molar-refractivity contribution in [3.8, 4) is 78.0 Å². The number of benzene rings is 8. The lowest BCUT2D eigenvalue weighted by molar-refractivity contribution is 0.426. The highest BCUT2D eigenvalue weighted by molar-refractivity contribution is 6.58. The molecular weight excluding hydrogens is 949 g/mol. The zero-order chi connectivity index (χ0) is 47.4. The van der Waals surface area contributed by atoms with E-state index in [2.05, 4.69) is 178 Å². The van der Waals surface area contributed by atoms with Gasteiger partial charge < -0.3 is 10.0 Å². The molecule has 2 heterocycles. The predicted octanol–water partition coefficient (Wildman–Crippen LogP) is 15.3. The van der Waals surface area contributed by atoms with E-state index >= 15 is 0 Å². The van der Waals surface area contributed by atoms with E-state index in [9.17, 15) is 10.0 Å². The Morgan fingerprint density at radius 2 is 0.544 bits per heavy atom. The van der Waals surface area contributed by atoms with Crippen LogP contribution in [0.3, 0.4) is 0 Å². The predicted molar refractivity (Wildman–Crippen MR) is 283 cm³/mol. The smallest absolute Gasteiger partial charge is 0.423 e. The van der Waals surface area contributed by atoms with Crippen LogP contribution in [0.25, 0.3) is 78.0 Å². The van der Waals surface area contributed by atoms with Crippen LogP contribution in [-0.2, 0) is 0 Å². The average Bonchev–Trinajstić information content (AvgIpc) is 3.37. The molecule has 0 radical (unpaired) electrons. The van der Waals surface area contributed by atoms with Crippen LogP contribution in [0.4, 0.5) is 0 Å². The molecule has 0 fully saturated rings. The Morgan fingerprint density at radius 1 is 0.265 bits per heavy atom. The first-order valence-electron chi connectivity index (χ1n) is 21.2. The molecule has 6 nitrogen and oxygen atoms in total. The minimum atomic E-state index is -1.44. The van der Waals surface area contributed by atoms with Crippen molar-refractivity contribution in [2.45, 2.75) is 0 Å². The van der Waals surface area contributed by atoms with Gasteiger partial charge in [0.15, 0.2) is 0 Å². The quantitative estimate of drug-likeness (QED) is 0.0895. The lowest BCUT2D eigenvalue weighted by Gasteiger charge is -2.09. The molecule has 10 aromatic rings. The van der Waals surface area contributed by atoms with E-state index in [0.29, 0.717) is 16.3 Å². The molecule has 0 aliphatic rings. The van der Waals surface area contributed by atoms with Gasteiger partial charge in [-0.3, -0.25) is 0 Å². The van der Waals surface area contributed by atoms with E-state index in [1.807, 2.05) is 36.4 Å². The zero-order valence-electron chi connectivity index (χ0n) is 35.9. The summed E-state index contributed by atoms with van der Waals surface area (Å²) in [7, 11) is -1.44. The highest BCUT2D eigenvalue weighted by atomic mass is 35.5. The zero-order valence-corrected chi connectivity index (χ0v) is 39.7. The Bertz CT molecular complexity index is 3200. The number of hydrogen-bond acceptors (Lipinski definition) is 6. The second kappa shape index (κ2) is 22.9. The van der Waals surface area contributed by atoms with Gasteiger partial charge in [-0.2, -0.15) is 0 Å². The lowest BCUT2D eigenvalue weighted by Crippen LogP contribution is -2.29. The topological polar surface area (TPSA) is 92.0 Å². The van der Waals surface area contributed by atoms with E-state index in [1.165, 1.54) is 45.0 Å². The van der Waals surface area contributed by atoms with Crippen molar-refractivity contribution in [1.29, 1.82) is 0 Å². The summed E-state index contributed by atoms with van der Waals surface area (Å²) in [4.78, 5) is 15.3. The molecule has 10 rings (SSSR count). The van der Waals surface area contributed by atoms with Crippen LogP contribution < -0.4 is 5.46 Å². The van der Waals surface area contributed by atoms with Crippen molar-refractivity contribution >= 4 is 70.6 Å². The maximum atomic E-state index is 9.25. The van der Waals surface area contributed by atoms with Gasteiger partial charge in [-0.25, -0.2) is 19.9 Å². The van der Waals surface area contributed by atoms with Crippen LogP contribution in [0, 0.1) is 0 Å². The highest BCUT2D eigenvalue weighted by Crippen LogP contribution is 2.32. The van der Waals surface area contributed by atoms with Gasteiger partial charge in [0.05, 0.1) is 5.69 Å². The van der Waals surface area contributed by atoms with E-state index < -0.39 is 7.12 Å². The maximum absolute atomic E-state index is 9.25. The van der Waals surface area contributed by atoms with Crippen molar-refractivity contribution in [2.24, 2.45) is 0 Å². The Kier molecular flexibility index (Phi) is 16.1. The molecular formula is C56H38BCl5N4O2. The molecule has 0 spiro atoms. The number of halogens is 5. The molecule has 12 heteroatoms. The Hall–Kier alpha value is -6.65. The van der Waals surface area contributed by atoms with Gasteiger partial charge in [0.25, 0.3) is 0 Å². The Balaban J connectivity index is 0.000000157. The van der Waals surface area contributed by atoms with Gasteiger partial charge in [-0.15, -0.1) is 0 Å². The average molecular weight is 987 g/mol. The largest absolute Gasteiger partial charge is 0.488 e. The molecule has 0 saturated heterocycles. The fraction of sp³-hybridized carbons (Fsp3) is 0. The third kappa shape index (κ3) is 12.9. The van der Waals surface area contributed by atoms with Gasteiger partial charge in [0.1, 0.15) is 15.5 Å². The normalized spacial score (nSPS) is 10.6. The maximum Gasteiger partial charge on any atom is 0.488 e. The van der Waals surface area contributed by atoms with Gasteiger partial charge in [-0.05, 0) is 120 Å². The summed E-state index contributed by atoms with van der Waals surface area (Å²) in [6.07, 6.45) is 0. The van der Waals surface area contributed by atoms with E-state index in [1.54, 1.807) is 18.2 Å². The monoisotopic (exact) mass is 984 g/mol. The number of nitrogens with zero attached hydrogens (tertiary/aromatic N) is 4. The van der Waals surface area contributed by atoms with Crippen LogP contribution in [0.1, 0.15) is 0 Å². The SMILES string of the molecule is Clc1cc(-c2ccc(-c3cccc(-c4cccc(-c5ccccc5)c4)c3)cc2)nc(Cl)n1.Clc1cc(Cl)nc(Cl)n1.OB(O)c1ccc(-c2cccc(-c3cccc(-c4ccccc4)c3)c2)cc1. The van der Waals surface area contributed by atoms with E-state index in [4.69, 9.17) is 58.0 Å². The number of aromatic nitrogens is 4. The van der Waals surface area contributed by atoms with Crippen molar-refractivity contribution in [1.82, 2.24) is 19.9 Å². The molecule has 0 aliphatic heterocycles. The minimum absolute atomic E-state index is 0.0625. The van der Waals surface area contributed by atoms with Gasteiger partial charge in [0.2, 0.25) is 10.6 Å². The second-order valence-corrected chi connectivity index (χ2v) is 17.1.